The Morgan fingerprint density at radius 1 is 0.705 bits per heavy atom. The second kappa shape index (κ2) is 14.9. The van der Waals surface area contributed by atoms with Gasteiger partial charge >= 0.3 is 0 Å². The first-order valence-corrected chi connectivity index (χ1v) is 15.9. The number of rotatable bonds is 12. The molecule has 4 aromatic carbocycles. The normalized spacial score (nSPS) is 22.6. The van der Waals surface area contributed by atoms with Gasteiger partial charge in [0.25, 0.3) is 0 Å². The van der Waals surface area contributed by atoms with E-state index >= 15 is 0 Å². The highest BCUT2D eigenvalue weighted by Gasteiger charge is 2.52. The summed E-state index contributed by atoms with van der Waals surface area (Å²) in [5.74, 6) is 1.44. The first kappa shape index (κ1) is 31.0. The van der Waals surface area contributed by atoms with Gasteiger partial charge in [-0.05, 0) is 39.3 Å². The molecule has 0 amide bonds. The Bertz CT molecular complexity index is 1490. The molecule has 2 aliphatic rings. The van der Waals surface area contributed by atoms with Gasteiger partial charge in [-0.25, -0.2) is 0 Å². The third-order valence-corrected chi connectivity index (χ3v) is 9.26. The molecule has 0 unspecified atom stereocenters. The maximum Gasteiger partial charge on any atom is 0.136 e. The molecule has 2 heterocycles. The number of hydrogen-bond donors (Lipinski definition) is 0. The third-order valence-electron chi connectivity index (χ3n) is 8.08. The van der Waals surface area contributed by atoms with Crippen molar-refractivity contribution >= 4 is 22.6 Å². The zero-order chi connectivity index (χ0) is 30.3. The predicted molar refractivity (Wildman–Crippen MR) is 175 cm³/mol. The Kier molecular flexibility index (Phi) is 10.5. The molecule has 1 fully saturated rings. The first-order chi connectivity index (χ1) is 21.7. The van der Waals surface area contributed by atoms with Crippen molar-refractivity contribution in [1.82, 2.24) is 0 Å². The molecule has 8 heteroatoms. The molecule has 230 valence electrons. The van der Waals surface area contributed by atoms with E-state index in [2.05, 4.69) is 59.0 Å². The minimum atomic E-state index is -0.462. The van der Waals surface area contributed by atoms with Gasteiger partial charge in [0.05, 0.1) is 50.8 Å². The molecule has 4 aromatic rings. The van der Waals surface area contributed by atoms with Gasteiger partial charge in [-0.1, -0.05) is 91.0 Å². The zero-order valence-corrected chi connectivity index (χ0v) is 27.1. The monoisotopic (exact) mass is 708 g/mol. The van der Waals surface area contributed by atoms with E-state index in [9.17, 15) is 0 Å². The van der Waals surface area contributed by atoms with E-state index in [1.165, 1.54) is 0 Å². The average Bonchev–Trinajstić information content (AvgIpc) is 3.08. The minimum absolute atomic E-state index is 0.313. The van der Waals surface area contributed by atoms with Crippen molar-refractivity contribution in [2.45, 2.75) is 56.9 Å². The van der Waals surface area contributed by atoms with Crippen LogP contribution in [0.15, 0.2) is 97.1 Å². The molecule has 0 spiro atoms. The predicted octanol–water partition coefficient (Wildman–Crippen LogP) is 7.03. The van der Waals surface area contributed by atoms with Crippen LogP contribution >= 0.6 is 22.6 Å². The van der Waals surface area contributed by atoms with E-state index in [1.54, 1.807) is 14.2 Å². The van der Waals surface area contributed by atoms with Crippen LogP contribution < -0.4 is 9.47 Å². The SMILES string of the molecule is COc1cc(OC)c2c(c1I)CO[C@H]1[C@@H](OCc3ccccc3)[C@H](OCc3ccccc3)[C@@H](COCc3ccccc3)O[C@H]21. The lowest BCUT2D eigenvalue weighted by molar-refractivity contribution is -0.280. The molecule has 0 aromatic heterocycles. The third kappa shape index (κ3) is 6.96. The van der Waals surface area contributed by atoms with Crippen molar-refractivity contribution in [3.63, 3.8) is 0 Å². The standard InChI is InChI=1S/C36H37IO7/c1-38-28-18-29(39-2)32(37)27-22-43-36-34(31(27)28)44-30(23-40-19-24-12-6-3-7-13-24)33(41-20-25-14-8-4-9-15-25)35(36)42-21-26-16-10-5-11-17-26/h3-18,30,33-36H,19-23H2,1-2H3/t30-,33-,34-,35+,36-/m1/s1. The first-order valence-electron chi connectivity index (χ1n) is 14.8. The highest BCUT2D eigenvalue weighted by Crippen LogP contribution is 2.48. The van der Waals surface area contributed by atoms with E-state index < -0.39 is 30.5 Å². The Balaban J connectivity index is 1.35. The fourth-order valence-electron chi connectivity index (χ4n) is 5.88. The lowest BCUT2D eigenvalue weighted by Gasteiger charge is -2.48. The highest BCUT2D eigenvalue weighted by atomic mass is 127. The van der Waals surface area contributed by atoms with Gasteiger partial charge in [-0.15, -0.1) is 0 Å². The molecule has 5 atom stereocenters. The summed E-state index contributed by atoms with van der Waals surface area (Å²) in [6.45, 7) is 1.96. The second-order valence-corrected chi connectivity index (χ2v) is 12.0. The molecule has 0 saturated carbocycles. The van der Waals surface area contributed by atoms with E-state index in [0.29, 0.717) is 38.8 Å². The van der Waals surface area contributed by atoms with E-state index in [4.69, 9.17) is 33.2 Å². The molecule has 44 heavy (non-hydrogen) atoms. The molecule has 0 aliphatic carbocycles. The molecule has 7 nitrogen and oxygen atoms in total. The van der Waals surface area contributed by atoms with Crippen molar-refractivity contribution in [3.05, 3.63) is 128 Å². The maximum atomic E-state index is 6.93. The summed E-state index contributed by atoms with van der Waals surface area (Å²) in [4.78, 5) is 0. The Morgan fingerprint density at radius 3 is 1.82 bits per heavy atom. The molecule has 0 bridgehead atoms. The summed E-state index contributed by atoms with van der Waals surface area (Å²) >= 11 is 2.31. The molecular weight excluding hydrogens is 671 g/mol. The summed E-state index contributed by atoms with van der Waals surface area (Å²) in [6.07, 6.45) is -2.24. The zero-order valence-electron chi connectivity index (χ0n) is 24.9. The number of methoxy groups -OCH3 is 2. The van der Waals surface area contributed by atoms with E-state index in [0.717, 1.165) is 37.1 Å². The van der Waals surface area contributed by atoms with E-state index in [1.807, 2.05) is 60.7 Å². The van der Waals surface area contributed by atoms with Gasteiger partial charge in [0.2, 0.25) is 0 Å². The molecular formula is C36H37IO7. The molecule has 2 aliphatic heterocycles. The van der Waals surface area contributed by atoms with Crippen molar-refractivity contribution in [2.75, 3.05) is 20.8 Å². The van der Waals surface area contributed by atoms with Gasteiger partial charge in [0, 0.05) is 17.2 Å². The summed E-state index contributed by atoms with van der Waals surface area (Å²) in [6, 6.07) is 32.4. The lowest BCUT2D eigenvalue weighted by Crippen LogP contribution is -2.59. The number of ether oxygens (including phenoxy) is 7. The van der Waals surface area contributed by atoms with Gasteiger partial charge in [0.15, 0.2) is 0 Å². The fraction of sp³-hybridized carbons (Fsp3) is 0.333. The van der Waals surface area contributed by atoms with Gasteiger partial charge < -0.3 is 33.2 Å². The molecule has 1 saturated heterocycles. The van der Waals surface area contributed by atoms with Crippen LogP contribution in [-0.2, 0) is 50.1 Å². The van der Waals surface area contributed by atoms with Gasteiger partial charge in [-0.3, -0.25) is 0 Å². The Morgan fingerprint density at radius 2 is 1.25 bits per heavy atom. The van der Waals surface area contributed by atoms with Crippen LogP contribution in [0, 0.1) is 3.57 Å². The smallest absolute Gasteiger partial charge is 0.136 e. The van der Waals surface area contributed by atoms with Crippen LogP contribution in [0.5, 0.6) is 11.5 Å². The maximum absolute atomic E-state index is 6.93. The summed E-state index contributed by atoms with van der Waals surface area (Å²) in [5, 5.41) is 0. The summed E-state index contributed by atoms with van der Waals surface area (Å²) in [5.41, 5.74) is 5.18. The number of benzene rings is 4. The van der Waals surface area contributed by atoms with Gasteiger partial charge in [-0.2, -0.15) is 0 Å². The molecule has 0 N–H and O–H groups in total. The molecule has 6 rings (SSSR count). The molecule has 0 radical (unpaired) electrons. The van der Waals surface area contributed by atoms with Crippen LogP contribution in [0.3, 0.4) is 0 Å². The largest absolute Gasteiger partial charge is 0.496 e. The summed E-state index contributed by atoms with van der Waals surface area (Å²) in [7, 11) is 3.33. The van der Waals surface area contributed by atoms with Crippen LogP contribution in [0.1, 0.15) is 33.9 Å². The number of halogens is 1. The Hall–Kier alpha value is -2.99. The second-order valence-electron chi connectivity index (χ2n) is 10.9. The average molecular weight is 709 g/mol. The van der Waals surface area contributed by atoms with Crippen LogP contribution in [0.25, 0.3) is 0 Å². The van der Waals surface area contributed by atoms with Crippen molar-refractivity contribution in [1.29, 1.82) is 0 Å². The van der Waals surface area contributed by atoms with Crippen LogP contribution in [0.2, 0.25) is 0 Å². The highest BCUT2D eigenvalue weighted by molar-refractivity contribution is 14.1. The van der Waals surface area contributed by atoms with E-state index in [-0.39, 0.29) is 0 Å². The van der Waals surface area contributed by atoms with Crippen LogP contribution in [0.4, 0.5) is 0 Å². The number of fused-ring (bicyclic) bond motifs is 3. The fourth-order valence-corrected chi connectivity index (χ4v) is 6.70. The van der Waals surface area contributed by atoms with Crippen molar-refractivity contribution in [2.24, 2.45) is 0 Å². The summed E-state index contributed by atoms with van der Waals surface area (Å²) < 4.78 is 45.8. The Labute approximate surface area is 272 Å². The van der Waals surface area contributed by atoms with Crippen molar-refractivity contribution in [3.8, 4) is 11.5 Å². The quantitative estimate of drug-likeness (QED) is 0.147. The minimum Gasteiger partial charge on any atom is -0.496 e. The lowest BCUT2D eigenvalue weighted by atomic mass is 9.86. The van der Waals surface area contributed by atoms with Crippen molar-refractivity contribution < 1.29 is 33.2 Å². The number of hydrogen-bond acceptors (Lipinski definition) is 7. The van der Waals surface area contributed by atoms with Gasteiger partial charge in [0.1, 0.15) is 42.0 Å². The topological polar surface area (TPSA) is 64.6 Å². The van der Waals surface area contributed by atoms with Crippen LogP contribution in [-0.4, -0.2) is 45.2 Å².